The van der Waals surface area contributed by atoms with Crippen LogP contribution in [0.25, 0.3) is 6.08 Å². The number of aromatic nitrogens is 1. The molecule has 0 radical (unpaired) electrons. The Labute approximate surface area is 131 Å². The zero-order chi connectivity index (χ0) is 16.7. The Hall–Kier alpha value is -1.40. The Kier molecular flexibility index (Phi) is 4.37. The lowest BCUT2D eigenvalue weighted by Gasteiger charge is -2.32. The highest BCUT2D eigenvalue weighted by Crippen LogP contribution is 2.38. The first-order chi connectivity index (χ1) is 10.0. The highest BCUT2D eigenvalue weighted by molar-refractivity contribution is 6.54. The molecule has 1 aliphatic heterocycles. The van der Waals surface area contributed by atoms with Crippen molar-refractivity contribution in [3.8, 4) is 0 Å². The summed E-state index contributed by atoms with van der Waals surface area (Å²) in [5, 5.41) is 0. The Balaban J connectivity index is 2.32. The minimum absolute atomic E-state index is 0.0146. The van der Waals surface area contributed by atoms with Gasteiger partial charge in [-0.1, -0.05) is 0 Å². The fraction of sp³-hybridized carbons (Fsp3) is 0.562. The van der Waals surface area contributed by atoms with Crippen LogP contribution in [0.15, 0.2) is 28.9 Å². The third kappa shape index (κ3) is 3.03. The Bertz CT molecular complexity index is 633. The van der Waals surface area contributed by atoms with Gasteiger partial charge in [0.05, 0.1) is 11.2 Å². The van der Waals surface area contributed by atoms with Crippen molar-refractivity contribution in [3.05, 3.63) is 40.0 Å². The van der Waals surface area contributed by atoms with Crippen LogP contribution < -0.4 is 5.56 Å². The monoisotopic (exact) mass is 307 g/mol. The SMILES string of the molecule is CC(C)n1cccc(C=C(F)B2OC(C)(C)C(C)(C)O2)c1=O. The summed E-state index contributed by atoms with van der Waals surface area (Å²) in [6, 6.07) is 3.33. The molecule has 0 spiro atoms. The van der Waals surface area contributed by atoms with Crippen LogP contribution in [0, 0.1) is 0 Å². The first-order valence-corrected chi connectivity index (χ1v) is 7.49. The third-order valence-corrected chi connectivity index (χ3v) is 4.33. The van der Waals surface area contributed by atoms with Gasteiger partial charge in [-0.3, -0.25) is 4.79 Å². The lowest BCUT2D eigenvalue weighted by atomic mass is 9.87. The number of pyridine rings is 1. The molecule has 1 aromatic rings. The number of nitrogens with zero attached hydrogens (tertiary/aromatic N) is 1. The van der Waals surface area contributed by atoms with Gasteiger partial charge in [-0.2, -0.15) is 0 Å². The van der Waals surface area contributed by atoms with Gasteiger partial charge >= 0.3 is 7.12 Å². The number of rotatable bonds is 3. The second-order valence-corrected chi connectivity index (χ2v) is 6.89. The van der Waals surface area contributed by atoms with E-state index in [0.717, 1.165) is 0 Å². The first-order valence-electron chi connectivity index (χ1n) is 7.49. The molecule has 1 saturated heterocycles. The summed E-state index contributed by atoms with van der Waals surface area (Å²) in [5.74, 6) is 0. The maximum Gasteiger partial charge on any atom is 0.525 e. The molecule has 22 heavy (non-hydrogen) atoms. The minimum Gasteiger partial charge on any atom is -0.398 e. The summed E-state index contributed by atoms with van der Waals surface area (Å²) < 4.78 is 27.3. The van der Waals surface area contributed by atoms with Crippen LogP contribution in [0.2, 0.25) is 0 Å². The van der Waals surface area contributed by atoms with Crippen LogP contribution in [0.4, 0.5) is 4.39 Å². The van der Waals surface area contributed by atoms with Gasteiger partial charge < -0.3 is 13.9 Å². The molecule has 0 saturated carbocycles. The number of hydrogen-bond donors (Lipinski definition) is 0. The van der Waals surface area contributed by atoms with Gasteiger partial charge in [0.1, 0.15) is 5.73 Å². The molecule has 0 amide bonds. The smallest absolute Gasteiger partial charge is 0.398 e. The standard InChI is InChI=1S/C16H23BFNO3/c1-11(2)19-9-7-8-12(14(19)20)10-13(18)17-21-15(3,4)16(5,6)22-17/h7-11H,1-6H3. The quantitative estimate of drug-likeness (QED) is 0.804. The Morgan fingerprint density at radius 1 is 1.27 bits per heavy atom. The molecule has 1 aromatic heterocycles. The molecule has 120 valence electrons. The van der Waals surface area contributed by atoms with E-state index >= 15 is 0 Å². The molecule has 0 N–H and O–H groups in total. The van der Waals surface area contributed by atoms with Crippen LogP contribution in [0.5, 0.6) is 0 Å². The van der Waals surface area contributed by atoms with Crippen molar-refractivity contribution in [2.75, 3.05) is 0 Å². The maximum atomic E-state index is 14.5. The second-order valence-electron chi connectivity index (χ2n) is 6.89. The van der Waals surface area contributed by atoms with Crippen LogP contribution in [0.3, 0.4) is 0 Å². The largest absolute Gasteiger partial charge is 0.525 e. The van der Waals surface area contributed by atoms with E-state index in [-0.39, 0.29) is 17.2 Å². The zero-order valence-corrected chi connectivity index (χ0v) is 14.0. The predicted molar refractivity (Wildman–Crippen MR) is 86.3 cm³/mol. The molecular weight excluding hydrogens is 284 g/mol. The molecule has 0 atom stereocenters. The first kappa shape index (κ1) is 17.0. The molecule has 1 aliphatic rings. The number of hydrogen-bond acceptors (Lipinski definition) is 3. The maximum absolute atomic E-state index is 14.5. The molecule has 0 bridgehead atoms. The Morgan fingerprint density at radius 3 is 2.32 bits per heavy atom. The molecular formula is C16H23BFNO3. The van der Waals surface area contributed by atoms with Crippen molar-refractivity contribution in [1.29, 1.82) is 0 Å². The summed E-state index contributed by atoms with van der Waals surface area (Å²) in [5.41, 5.74) is -1.78. The number of halogens is 1. The average Bonchev–Trinajstić information content (AvgIpc) is 2.60. The van der Waals surface area contributed by atoms with E-state index in [1.54, 1.807) is 22.9 Å². The van der Waals surface area contributed by atoms with Crippen molar-refractivity contribution in [2.45, 2.75) is 58.8 Å². The molecule has 4 nitrogen and oxygen atoms in total. The lowest BCUT2D eigenvalue weighted by molar-refractivity contribution is 0.00578. The molecule has 6 heteroatoms. The predicted octanol–water partition coefficient (Wildman–Crippen LogP) is 3.37. The molecule has 0 aliphatic carbocycles. The molecule has 0 aromatic carbocycles. The van der Waals surface area contributed by atoms with E-state index in [4.69, 9.17) is 9.31 Å². The average molecular weight is 307 g/mol. The van der Waals surface area contributed by atoms with E-state index < -0.39 is 24.0 Å². The normalized spacial score (nSPS) is 20.7. The summed E-state index contributed by atoms with van der Waals surface area (Å²) >= 11 is 0. The fourth-order valence-electron chi connectivity index (χ4n) is 2.22. The molecule has 2 rings (SSSR count). The third-order valence-electron chi connectivity index (χ3n) is 4.33. The van der Waals surface area contributed by atoms with E-state index in [1.807, 2.05) is 41.5 Å². The summed E-state index contributed by atoms with van der Waals surface area (Å²) in [6.45, 7) is 11.2. The Morgan fingerprint density at radius 2 is 1.82 bits per heavy atom. The highest BCUT2D eigenvalue weighted by atomic mass is 19.1. The summed E-state index contributed by atoms with van der Waals surface area (Å²) in [7, 11) is -1.09. The molecule has 1 fully saturated rings. The van der Waals surface area contributed by atoms with Crippen molar-refractivity contribution >= 4 is 13.2 Å². The summed E-state index contributed by atoms with van der Waals surface area (Å²) in [4.78, 5) is 12.3. The topological polar surface area (TPSA) is 40.5 Å². The molecule has 0 unspecified atom stereocenters. The van der Waals surface area contributed by atoms with Gasteiger partial charge in [-0.05, 0) is 59.8 Å². The summed E-state index contributed by atoms with van der Waals surface area (Å²) in [6.07, 6.45) is 2.89. The van der Waals surface area contributed by atoms with E-state index in [9.17, 15) is 9.18 Å². The van der Waals surface area contributed by atoms with Crippen LogP contribution >= 0.6 is 0 Å². The fourth-order valence-corrected chi connectivity index (χ4v) is 2.22. The van der Waals surface area contributed by atoms with E-state index in [0.29, 0.717) is 0 Å². The van der Waals surface area contributed by atoms with Crippen molar-refractivity contribution in [2.24, 2.45) is 0 Å². The second kappa shape index (κ2) is 5.67. The van der Waals surface area contributed by atoms with Gasteiger partial charge in [0.25, 0.3) is 5.56 Å². The van der Waals surface area contributed by atoms with Gasteiger partial charge in [0.15, 0.2) is 0 Å². The van der Waals surface area contributed by atoms with Crippen molar-refractivity contribution < 1.29 is 13.7 Å². The van der Waals surface area contributed by atoms with Gasteiger partial charge in [-0.25, -0.2) is 4.39 Å². The molecule has 2 heterocycles. The van der Waals surface area contributed by atoms with E-state index in [2.05, 4.69) is 0 Å². The van der Waals surface area contributed by atoms with Gasteiger partial charge in [0, 0.05) is 17.8 Å². The zero-order valence-electron chi connectivity index (χ0n) is 14.0. The van der Waals surface area contributed by atoms with Crippen molar-refractivity contribution in [3.63, 3.8) is 0 Å². The van der Waals surface area contributed by atoms with Crippen LogP contribution in [0.1, 0.15) is 53.1 Å². The highest BCUT2D eigenvalue weighted by Gasteiger charge is 2.53. The van der Waals surface area contributed by atoms with Gasteiger partial charge in [0.2, 0.25) is 0 Å². The van der Waals surface area contributed by atoms with Gasteiger partial charge in [-0.15, -0.1) is 0 Å². The minimum atomic E-state index is -1.09. The lowest BCUT2D eigenvalue weighted by Crippen LogP contribution is -2.41. The van der Waals surface area contributed by atoms with Crippen LogP contribution in [-0.4, -0.2) is 22.9 Å². The van der Waals surface area contributed by atoms with E-state index in [1.165, 1.54) is 6.08 Å². The van der Waals surface area contributed by atoms with Crippen molar-refractivity contribution in [1.82, 2.24) is 4.57 Å². The van der Waals surface area contributed by atoms with Crippen LogP contribution in [-0.2, 0) is 9.31 Å².